The first kappa shape index (κ1) is 25.2. The number of amides is 2. The molecule has 0 unspecified atom stereocenters. The molecule has 1 aliphatic rings. The third-order valence-electron chi connectivity index (χ3n) is 6.90. The van der Waals surface area contributed by atoms with Gasteiger partial charge in [-0.15, -0.1) is 0 Å². The fourth-order valence-corrected chi connectivity index (χ4v) is 4.80. The maximum absolute atomic E-state index is 14.9. The number of rotatable bonds is 5. The normalized spacial score (nSPS) is 13.5. The summed E-state index contributed by atoms with van der Waals surface area (Å²) in [7, 11) is 1.59. The Balaban J connectivity index is 1.42. The minimum absolute atomic E-state index is 0.179. The first-order chi connectivity index (χ1) is 18.4. The second-order valence-corrected chi connectivity index (χ2v) is 9.14. The second-order valence-electron chi connectivity index (χ2n) is 9.14. The van der Waals surface area contributed by atoms with Gasteiger partial charge >= 0.3 is 0 Å². The van der Waals surface area contributed by atoms with Crippen LogP contribution < -0.4 is 4.74 Å². The summed E-state index contributed by atoms with van der Waals surface area (Å²) in [5, 5.41) is 0. The van der Waals surface area contributed by atoms with E-state index in [1.807, 2.05) is 24.3 Å². The summed E-state index contributed by atoms with van der Waals surface area (Å²) in [6.45, 7) is 3.24. The summed E-state index contributed by atoms with van der Waals surface area (Å²) < 4.78 is 35.2. The lowest BCUT2D eigenvalue weighted by atomic mass is 10.1. The van der Waals surface area contributed by atoms with Crippen molar-refractivity contribution in [2.45, 2.75) is 6.92 Å². The molecule has 194 valence electrons. The quantitative estimate of drug-likeness (QED) is 0.361. The number of nitrogens with zero attached hydrogens (tertiary/aromatic N) is 3. The van der Waals surface area contributed by atoms with E-state index < -0.39 is 11.6 Å². The first-order valence-electron chi connectivity index (χ1n) is 12.3. The lowest BCUT2D eigenvalue weighted by molar-refractivity contribution is 0.0535. The van der Waals surface area contributed by atoms with Crippen LogP contribution in [0.2, 0.25) is 0 Å². The highest BCUT2D eigenvalue weighted by Gasteiger charge is 2.29. The molecule has 0 aliphatic carbocycles. The number of ether oxygens (including phenoxy) is 1. The van der Waals surface area contributed by atoms with Gasteiger partial charge in [-0.05, 0) is 79.2 Å². The highest BCUT2D eigenvalue weighted by molar-refractivity contribution is 5.98. The van der Waals surface area contributed by atoms with E-state index in [1.165, 1.54) is 30.3 Å². The molecule has 0 saturated carbocycles. The Kier molecular flexibility index (Phi) is 6.96. The Bertz CT molecular complexity index is 1470. The number of halogens is 2. The van der Waals surface area contributed by atoms with Crippen molar-refractivity contribution < 1.29 is 23.1 Å². The van der Waals surface area contributed by atoms with Gasteiger partial charge in [-0.3, -0.25) is 9.59 Å². The smallest absolute Gasteiger partial charge is 0.255 e. The molecule has 38 heavy (non-hydrogen) atoms. The number of carbonyl (C=O) groups is 2. The summed E-state index contributed by atoms with van der Waals surface area (Å²) >= 11 is 0. The zero-order chi connectivity index (χ0) is 26.8. The van der Waals surface area contributed by atoms with Crippen molar-refractivity contribution in [3.8, 4) is 22.7 Å². The zero-order valence-corrected chi connectivity index (χ0v) is 21.2. The number of benzene rings is 3. The van der Waals surface area contributed by atoms with Gasteiger partial charge in [-0.25, -0.2) is 8.78 Å². The van der Waals surface area contributed by atoms with Gasteiger partial charge in [0.25, 0.3) is 11.8 Å². The van der Waals surface area contributed by atoms with E-state index in [-0.39, 0.29) is 11.8 Å². The standard InChI is InChI=1S/C30H27F2N3O3/c1-20-25(30(37)34-17-15-33(16-18-34)29(36)22-7-11-23(31)12-8-22)19-28(21-9-13-24(38-2)14-10-21)35(20)27-6-4-3-5-26(27)32/h3-14,19H,15-18H2,1-2H3. The van der Waals surface area contributed by atoms with Gasteiger partial charge in [-0.1, -0.05) is 12.1 Å². The summed E-state index contributed by atoms with van der Waals surface area (Å²) in [6.07, 6.45) is 0. The minimum Gasteiger partial charge on any atom is -0.497 e. The second kappa shape index (κ2) is 10.5. The monoisotopic (exact) mass is 515 g/mol. The molecule has 2 heterocycles. The molecule has 0 N–H and O–H groups in total. The van der Waals surface area contributed by atoms with Crippen LogP contribution in [0.1, 0.15) is 26.4 Å². The molecule has 8 heteroatoms. The number of carbonyl (C=O) groups excluding carboxylic acids is 2. The van der Waals surface area contributed by atoms with Crippen LogP contribution >= 0.6 is 0 Å². The number of hydrogen-bond donors (Lipinski definition) is 0. The van der Waals surface area contributed by atoms with Crippen molar-refractivity contribution in [2.75, 3.05) is 33.3 Å². The molecule has 5 rings (SSSR count). The maximum Gasteiger partial charge on any atom is 0.255 e. The topological polar surface area (TPSA) is 54.8 Å². The molecule has 1 aliphatic heterocycles. The Morgan fingerprint density at radius 2 is 1.39 bits per heavy atom. The molecule has 0 spiro atoms. The third-order valence-corrected chi connectivity index (χ3v) is 6.90. The van der Waals surface area contributed by atoms with Crippen LogP contribution in [0.4, 0.5) is 8.78 Å². The van der Waals surface area contributed by atoms with Crippen molar-refractivity contribution in [1.29, 1.82) is 0 Å². The van der Waals surface area contributed by atoms with Gasteiger partial charge < -0.3 is 19.1 Å². The average molecular weight is 516 g/mol. The van der Waals surface area contributed by atoms with Crippen molar-refractivity contribution in [1.82, 2.24) is 14.4 Å². The zero-order valence-electron chi connectivity index (χ0n) is 21.2. The molecule has 6 nitrogen and oxygen atoms in total. The van der Waals surface area contributed by atoms with Gasteiger partial charge in [-0.2, -0.15) is 0 Å². The number of hydrogen-bond acceptors (Lipinski definition) is 3. The van der Waals surface area contributed by atoms with Crippen LogP contribution in [0.25, 0.3) is 16.9 Å². The van der Waals surface area contributed by atoms with Crippen molar-refractivity contribution in [3.05, 3.63) is 107 Å². The van der Waals surface area contributed by atoms with Gasteiger partial charge in [0.2, 0.25) is 0 Å². The largest absolute Gasteiger partial charge is 0.497 e. The van der Waals surface area contributed by atoms with Crippen LogP contribution in [-0.2, 0) is 0 Å². The first-order valence-corrected chi connectivity index (χ1v) is 12.3. The van der Waals surface area contributed by atoms with Gasteiger partial charge in [0.15, 0.2) is 0 Å². The number of aromatic nitrogens is 1. The fraction of sp³-hybridized carbons (Fsp3) is 0.200. The molecular weight excluding hydrogens is 488 g/mol. The molecule has 4 aromatic rings. The van der Waals surface area contributed by atoms with Crippen LogP contribution in [0.3, 0.4) is 0 Å². The predicted octanol–water partition coefficient (Wildman–Crippen LogP) is 5.34. The Morgan fingerprint density at radius 1 is 0.789 bits per heavy atom. The SMILES string of the molecule is COc1ccc(-c2cc(C(=O)N3CCN(C(=O)c4ccc(F)cc4)CC3)c(C)n2-c2ccccc2F)cc1. The van der Waals surface area contributed by atoms with E-state index >= 15 is 0 Å². The number of para-hydroxylation sites is 1. The molecule has 0 bridgehead atoms. The highest BCUT2D eigenvalue weighted by atomic mass is 19.1. The Labute approximate surface area is 219 Å². The van der Waals surface area contributed by atoms with E-state index in [4.69, 9.17) is 4.74 Å². The van der Waals surface area contributed by atoms with Crippen LogP contribution in [-0.4, -0.2) is 59.5 Å². The van der Waals surface area contributed by atoms with Crippen LogP contribution in [0.15, 0.2) is 78.9 Å². The molecular formula is C30H27F2N3O3. The third kappa shape index (κ3) is 4.77. The van der Waals surface area contributed by atoms with E-state index in [0.717, 1.165) is 5.56 Å². The Hall–Kier alpha value is -4.46. The maximum atomic E-state index is 14.9. The average Bonchev–Trinajstić information content (AvgIpc) is 3.29. The predicted molar refractivity (Wildman–Crippen MR) is 141 cm³/mol. The van der Waals surface area contributed by atoms with Crippen molar-refractivity contribution in [2.24, 2.45) is 0 Å². The van der Waals surface area contributed by atoms with E-state index in [2.05, 4.69) is 0 Å². The number of methoxy groups -OCH3 is 1. The molecule has 1 saturated heterocycles. The molecule has 1 aromatic heterocycles. The molecule has 0 atom stereocenters. The summed E-state index contributed by atoms with van der Waals surface area (Å²) in [5.41, 5.74) is 3.35. The molecule has 1 fully saturated rings. The van der Waals surface area contributed by atoms with E-state index in [0.29, 0.717) is 60.1 Å². The van der Waals surface area contributed by atoms with E-state index in [1.54, 1.807) is 52.7 Å². The minimum atomic E-state index is -0.399. The molecule has 0 radical (unpaired) electrons. The van der Waals surface area contributed by atoms with Gasteiger partial charge in [0, 0.05) is 37.4 Å². The highest BCUT2D eigenvalue weighted by Crippen LogP contribution is 2.32. The van der Waals surface area contributed by atoms with Crippen molar-refractivity contribution in [3.63, 3.8) is 0 Å². The number of piperazine rings is 1. The summed E-state index contributed by atoms with van der Waals surface area (Å²) in [4.78, 5) is 29.8. The fourth-order valence-electron chi connectivity index (χ4n) is 4.80. The summed E-state index contributed by atoms with van der Waals surface area (Å²) in [5.74, 6) is -0.475. The Morgan fingerprint density at radius 3 is 2.00 bits per heavy atom. The van der Waals surface area contributed by atoms with Crippen molar-refractivity contribution >= 4 is 11.8 Å². The molecule has 2 amide bonds. The lowest BCUT2D eigenvalue weighted by Crippen LogP contribution is -2.50. The van der Waals surface area contributed by atoms with Crippen LogP contribution in [0.5, 0.6) is 5.75 Å². The summed E-state index contributed by atoms with van der Waals surface area (Å²) in [6, 6.07) is 21.1. The lowest BCUT2D eigenvalue weighted by Gasteiger charge is -2.34. The van der Waals surface area contributed by atoms with Gasteiger partial charge in [0.05, 0.1) is 24.1 Å². The van der Waals surface area contributed by atoms with Gasteiger partial charge in [0.1, 0.15) is 17.4 Å². The van der Waals surface area contributed by atoms with E-state index in [9.17, 15) is 18.4 Å². The van der Waals surface area contributed by atoms with Crippen LogP contribution in [0, 0.1) is 18.6 Å². The molecule has 3 aromatic carbocycles.